The number of carbonyl (C=O) groups excluding carboxylic acids is 1. The monoisotopic (exact) mass is 205 g/mol. The molecule has 4 nitrogen and oxygen atoms in total. The summed E-state index contributed by atoms with van der Waals surface area (Å²) in [6, 6.07) is 0. The van der Waals surface area contributed by atoms with Gasteiger partial charge in [-0.15, -0.1) is 0 Å². The fraction of sp³-hybridized carbons (Fsp3) is 0.875. The lowest BCUT2D eigenvalue weighted by molar-refractivity contribution is -0.118. The van der Waals surface area contributed by atoms with E-state index in [2.05, 4.69) is 5.32 Å². The van der Waals surface area contributed by atoms with Crippen molar-refractivity contribution in [2.24, 2.45) is 0 Å². The minimum absolute atomic E-state index is 0.166. The van der Waals surface area contributed by atoms with Gasteiger partial charge in [0.25, 0.3) is 0 Å². The first-order valence-corrected chi connectivity index (χ1v) is 6.20. The molecule has 1 aliphatic rings. The van der Waals surface area contributed by atoms with Crippen molar-refractivity contribution >= 4 is 15.7 Å². The maximum atomic E-state index is 11.4. The summed E-state index contributed by atoms with van der Waals surface area (Å²) in [4.78, 5) is 10.6. The molecule has 13 heavy (non-hydrogen) atoms. The summed E-state index contributed by atoms with van der Waals surface area (Å²) in [5.74, 6) is 0.109. The molecule has 0 radical (unpaired) electrons. The van der Waals surface area contributed by atoms with Gasteiger partial charge in [0.2, 0.25) is 5.91 Å². The summed E-state index contributed by atoms with van der Waals surface area (Å²) in [5.41, 5.74) is 0. The van der Waals surface area contributed by atoms with E-state index >= 15 is 0 Å². The molecule has 1 heterocycles. The van der Waals surface area contributed by atoms with Gasteiger partial charge in [-0.25, -0.2) is 8.42 Å². The van der Waals surface area contributed by atoms with Gasteiger partial charge in [0, 0.05) is 13.5 Å². The number of amides is 1. The molecule has 0 aromatic rings. The summed E-state index contributed by atoms with van der Waals surface area (Å²) >= 11 is 0. The molecular formula is C8H15NO3S. The number of sulfone groups is 1. The van der Waals surface area contributed by atoms with Gasteiger partial charge in [-0.3, -0.25) is 4.79 Å². The van der Waals surface area contributed by atoms with Crippen molar-refractivity contribution < 1.29 is 13.2 Å². The van der Waals surface area contributed by atoms with Gasteiger partial charge in [0.1, 0.15) is 0 Å². The Hall–Kier alpha value is -0.580. The Morgan fingerprint density at radius 2 is 2.15 bits per heavy atom. The van der Waals surface area contributed by atoms with E-state index in [4.69, 9.17) is 0 Å². The predicted molar refractivity (Wildman–Crippen MR) is 50.1 cm³/mol. The molecule has 5 heteroatoms. The molecule has 1 fully saturated rings. The van der Waals surface area contributed by atoms with Crippen LogP contribution < -0.4 is 5.32 Å². The fourth-order valence-corrected chi connectivity index (χ4v) is 3.31. The molecule has 1 aliphatic heterocycles. The van der Waals surface area contributed by atoms with E-state index in [1.807, 2.05) is 0 Å². The standard InChI is InChI=1S/C8H15NO3S/c1-7(10)9-6-8-4-2-3-5-13(8,11)12/h8H,2-6H2,1H3,(H,9,10). The lowest BCUT2D eigenvalue weighted by Crippen LogP contribution is -2.38. The van der Waals surface area contributed by atoms with E-state index in [0.29, 0.717) is 6.42 Å². The second-order valence-corrected chi connectivity index (χ2v) is 5.82. The van der Waals surface area contributed by atoms with Crippen molar-refractivity contribution in [3.05, 3.63) is 0 Å². The van der Waals surface area contributed by atoms with E-state index in [1.165, 1.54) is 6.92 Å². The Labute approximate surface area is 78.6 Å². The van der Waals surface area contributed by atoms with E-state index < -0.39 is 9.84 Å². The minimum Gasteiger partial charge on any atom is -0.355 e. The summed E-state index contributed by atoms with van der Waals surface area (Å²) < 4.78 is 22.9. The van der Waals surface area contributed by atoms with Gasteiger partial charge >= 0.3 is 0 Å². The zero-order valence-corrected chi connectivity index (χ0v) is 8.56. The largest absolute Gasteiger partial charge is 0.355 e. The molecule has 0 aromatic carbocycles. The van der Waals surface area contributed by atoms with Crippen LogP contribution in [0.1, 0.15) is 26.2 Å². The van der Waals surface area contributed by atoms with Crippen molar-refractivity contribution in [3.63, 3.8) is 0 Å². The van der Waals surface area contributed by atoms with E-state index in [-0.39, 0.29) is 23.5 Å². The van der Waals surface area contributed by atoms with E-state index in [0.717, 1.165) is 12.8 Å². The highest BCUT2D eigenvalue weighted by atomic mass is 32.2. The van der Waals surface area contributed by atoms with Crippen molar-refractivity contribution in [2.75, 3.05) is 12.3 Å². The van der Waals surface area contributed by atoms with Crippen LogP contribution in [0.15, 0.2) is 0 Å². The molecule has 0 aliphatic carbocycles. The van der Waals surface area contributed by atoms with Crippen LogP contribution in [0.4, 0.5) is 0 Å². The minimum atomic E-state index is -2.93. The maximum absolute atomic E-state index is 11.4. The predicted octanol–water partition coefficient (Wildman–Crippen LogP) is 0.0898. The molecule has 1 rings (SSSR count). The highest BCUT2D eigenvalue weighted by Crippen LogP contribution is 2.18. The number of hydrogen-bond acceptors (Lipinski definition) is 3. The van der Waals surface area contributed by atoms with Crippen LogP contribution in [0, 0.1) is 0 Å². The van der Waals surface area contributed by atoms with Crippen LogP contribution in [0.5, 0.6) is 0 Å². The first-order chi connectivity index (χ1) is 6.02. The summed E-state index contributed by atoms with van der Waals surface area (Å²) in [5, 5.41) is 2.20. The van der Waals surface area contributed by atoms with E-state index in [9.17, 15) is 13.2 Å². The average molecular weight is 205 g/mol. The van der Waals surface area contributed by atoms with Gasteiger partial charge in [-0.05, 0) is 12.8 Å². The highest BCUT2D eigenvalue weighted by Gasteiger charge is 2.28. The smallest absolute Gasteiger partial charge is 0.216 e. The number of hydrogen-bond donors (Lipinski definition) is 1. The molecule has 76 valence electrons. The molecule has 1 unspecified atom stereocenters. The molecule has 1 atom stereocenters. The van der Waals surface area contributed by atoms with Crippen molar-refractivity contribution in [1.29, 1.82) is 0 Å². The zero-order valence-electron chi connectivity index (χ0n) is 7.75. The summed E-state index contributed by atoms with van der Waals surface area (Å²) in [6.07, 6.45) is 2.39. The number of rotatable bonds is 2. The molecule has 1 amide bonds. The first kappa shape index (κ1) is 10.5. The zero-order chi connectivity index (χ0) is 9.90. The van der Waals surface area contributed by atoms with Crippen molar-refractivity contribution in [3.8, 4) is 0 Å². The van der Waals surface area contributed by atoms with Crippen LogP contribution in [0.25, 0.3) is 0 Å². The molecular weight excluding hydrogens is 190 g/mol. The Bertz CT molecular complexity index is 284. The topological polar surface area (TPSA) is 63.2 Å². The van der Waals surface area contributed by atoms with Gasteiger partial charge in [-0.1, -0.05) is 6.42 Å². The number of carbonyl (C=O) groups is 1. The molecule has 0 bridgehead atoms. The SMILES string of the molecule is CC(=O)NCC1CCCCS1(=O)=O. The average Bonchev–Trinajstić information content (AvgIpc) is 2.01. The Balaban J connectivity index is 2.52. The first-order valence-electron chi connectivity index (χ1n) is 4.48. The third kappa shape index (κ3) is 2.99. The molecule has 0 spiro atoms. The third-order valence-corrected chi connectivity index (χ3v) is 4.57. The van der Waals surface area contributed by atoms with Gasteiger partial charge in [0.05, 0.1) is 11.0 Å². The Morgan fingerprint density at radius 3 is 2.69 bits per heavy atom. The quantitative estimate of drug-likeness (QED) is 0.695. The van der Waals surface area contributed by atoms with Crippen molar-refractivity contribution in [2.45, 2.75) is 31.4 Å². The second kappa shape index (κ2) is 4.09. The molecule has 1 saturated heterocycles. The normalized spacial score (nSPS) is 26.7. The second-order valence-electron chi connectivity index (χ2n) is 3.42. The highest BCUT2D eigenvalue weighted by molar-refractivity contribution is 7.92. The van der Waals surface area contributed by atoms with Crippen LogP contribution in [-0.2, 0) is 14.6 Å². The third-order valence-electron chi connectivity index (χ3n) is 2.29. The van der Waals surface area contributed by atoms with E-state index in [1.54, 1.807) is 0 Å². The number of nitrogens with one attached hydrogen (secondary N) is 1. The molecule has 0 saturated carbocycles. The lowest BCUT2D eigenvalue weighted by atomic mass is 10.2. The van der Waals surface area contributed by atoms with Gasteiger partial charge in [-0.2, -0.15) is 0 Å². The summed E-state index contributed by atoms with van der Waals surface area (Å²) in [7, 11) is -2.93. The van der Waals surface area contributed by atoms with Crippen LogP contribution in [0.2, 0.25) is 0 Å². The van der Waals surface area contributed by atoms with Gasteiger partial charge in [0.15, 0.2) is 9.84 Å². The molecule has 1 N–H and O–H groups in total. The maximum Gasteiger partial charge on any atom is 0.216 e. The van der Waals surface area contributed by atoms with Crippen LogP contribution in [-0.4, -0.2) is 31.9 Å². The van der Waals surface area contributed by atoms with Crippen LogP contribution in [0.3, 0.4) is 0 Å². The van der Waals surface area contributed by atoms with Gasteiger partial charge < -0.3 is 5.32 Å². The molecule has 0 aromatic heterocycles. The van der Waals surface area contributed by atoms with Crippen molar-refractivity contribution in [1.82, 2.24) is 5.32 Å². The Kier molecular flexibility index (Phi) is 3.30. The fourth-order valence-electron chi connectivity index (χ4n) is 1.51. The Morgan fingerprint density at radius 1 is 1.46 bits per heavy atom. The summed E-state index contributed by atoms with van der Waals surface area (Å²) in [6.45, 7) is 1.67. The lowest BCUT2D eigenvalue weighted by Gasteiger charge is -2.21. The van der Waals surface area contributed by atoms with Crippen LogP contribution >= 0.6 is 0 Å².